The summed E-state index contributed by atoms with van der Waals surface area (Å²) in [6, 6.07) is 7.76. The standard InChI is InChI=1S/C20H29N3O4/c1-3-27-20(25)23-10-8-17(9-11-23)21-12-14-22(15-13-21)19(24)16-4-6-18(26-2)7-5-16/h4-7,17H,3,8-15H2,1-2H3. The van der Waals surface area contributed by atoms with Crippen LogP contribution < -0.4 is 4.74 Å². The first kappa shape index (κ1) is 19.5. The van der Waals surface area contributed by atoms with Crippen molar-refractivity contribution in [3.8, 4) is 5.75 Å². The predicted octanol–water partition coefficient (Wildman–Crippen LogP) is 2.07. The lowest BCUT2D eigenvalue weighted by molar-refractivity contribution is 0.0417. The van der Waals surface area contributed by atoms with E-state index in [1.165, 1.54) is 0 Å². The van der Waals surface area contributed by atoms with Gasteiger partial charge >= 0.3 is 6.09 Å². The largest absolute Gasteiger partial charge is 0.497 e. The topological polar surface area (TPSA) is 62.3 Å². The highest BCUT2D eigenvalue weighted by atomic mass is 16.6. The quantitative estimate of drug-likeness (QED) is 0.806. The molecule has 0 N–H and O–H groups in total. The zero-order valence-corrected chi connectivity index (χ0v) is 16.2. The molecule has 7 nitrogen and oxygen atoms in total. The van der Waals surface area contributed by atoms with Gasteiger partial charge in [0.1, 0.15) is 5.75 Å². The number of rotatable bonds is 4. The molecule has 2 aliphatic heterocycles. The molecule has 27 heavy (non-hydrogen) atoms. The third-order valence-corrected chi connectivity index (χ3v) is 5.45. The summed E-state index contributed by atoms with van der Waals surface area (Å²) in [7, 11) is 1.62. The van der Waals surface area contributed by atoms with E-state index < -0.39 is 0 Å². The van der Waals surface area contributed by atoms with Crippen LogP contribution in [0.4, 0.5) is 4.79 Å². The van der Waals surface area contributed by atoms with Crippen molar-refractivity contribution in [2.75, 3.05) is 53.0 Å². The molecule has 0 spiro atoms. The molecule has 2 amide bonds. The van der Waals surface area contributed by atoms with Gasteiger partial charge in [0, 0.05) is 50.9 Å². The van der Waals surface area contributed by atoms with Gasteiger partial charge in [-0.25, -0.2) is 4.79 Å². The van der Waals surface area contributed by atoms with E-state index in [2.05, 4.69) is 4.90 Å². The molecular weight excluding hydrogens is 346 g/mol. The predicted molar refractivity (Wildman–Crippen MR) is 102 cm³/mol. The van der Waals surface area contributed by atoms with Gasteiger partial charge in [-0.3, -0.25) is 9.69 Å². The van der Waals surface area contributed by atoms with Crippen LogP contribution in [0.25, 0.3) is 0 Å². The zero-order valence-electron chi connectivity index (χ0n) is 16.2. The fourth-order valence-electron chi connectivity index (χ4n) is 3.83. The number of piperazine rings is 1. The van der Waals surface area contributed by atoms with Crippen LogP contribution >= 0.6 is 0 Å². The Morgan fingerprint density at radius 2 is 1.59 bits per heavy atom. The highest BCUT2D eigenvalue weighted by molar-refractivity contribution is 5.94. The van der Waals surface area contributed by atoms with Gasteiger partial charge in [0.15, 0.2) is 0 Å². The minimum atomic E-state index is -0.203. The monoisotopic (exact) mass is 375 g/mol. The summed E-state index contributed by atoms with van der Waals surface area (Å²) in [5.41, 5.74) is 0.701. The minimum Gasteiger partial charge on any atom is -0.497 e. The molecule has 2 heterocycles. The number of amides is 2. The van der Waals surface area contributed by atoms with Gasteiger partial charge in [-0.15, -0.1) is 0 Å². The molecule has 0 aromatic heterocycles. The Labute approximate surface area is 160 Å². The number of hydrogen-bond acceptors (Lipinski definition) is 5. The molecule has 0 atom stereocenters. The number of ether oxygens (including phenoxy) is 2. The molecule has 0 aliphatic carbocycles. The van der Waals surface area contributed by atoms with Crippen LogP contribution in [-0.4, -0.2) is 85.7 Å². The molecule has 148 valence electrons. The van der Waals surface area contributed by atoms with Crippen molar-refractivity contribution in [3.63, 3.8) is 0 Å². The molecular formula is C20H29N3O4. The van der Waals surface area contributed by atoms with Gasteiger partial charge < -0.3 is 19.3 Å². The summed E-state index contributed by atoms with van der Waals surface area (Å²) in [4.78, 5) is 30.7. The Balaban J connectivity index is 1.46. The van der Waals surface area contributed by atoms with Gasteiger partial charge in [0.05, 0.1) is 13.7 Å². The number of hydrogen-bond donors (Lipinski definition) is 0. The molecule has 1 aromatic rings. The first-order valence-corrected chi connectivity index (χ1v) is 9.71. The summed E-state index contributed by atoms with van der Waals surface area (Å²) in [5.74, 6) is 0.833. The molecule has 0 saturated carbocycles. The van der Waals surface area contributed by atoms with E-state index in [-0.39, 0.29) is 12.0 Å². The van der Waals surface area contributed by atoms with Crippen molar-refractivity contribution in [2.45, 2.75) is 25.8 Å². The van der Waals surface area contributed by atoms with Crippen LogP contribution in [0, 0.1) is 0 Å². The fourth-order valence-corrected chi connectivity index (χ4v) is 3.83. The van der Waals surface area contributed by atoms with Crippen molar-refractivity contribution in [1.29, 1.82) is 0 Å². The van der Waals surface area contributed by atoms with Gasteiger partial charge in [-0.05, 0) is 44.0 Å². The molecule has 2 aliphatic rings. The highest BCUT2D eigenvalue weighted by Crippen LogP contribution is 2.20. The molecule has 1 aromatic carbocycles. The number of nitrogens with zero attached hydrogens (tertiary/aromatic N) is 3. The van der Waals surface area contributed by atoms with Crippen molar-refractivity contribution >= 4 is 12.0 Å². The van der Waals surface area contributed by atoms with E-state index in [1.54, 1.807) is 12.0 Å². The maximum atomic E-state index is 12.7. The lowest BCUT2D eigenvalue weighted by Crippen LogP contribution is -2.54. The fraction of sp³-hybridized carbons (Fsp3) is 0.600. The highest BCUT2D eigenvalue weighted by Gasteiger charge is 2.30. The maximum absolute atomic E-state index is 12.7. The summed E-state index contributed by atoms with van der Waals surface area (Å²) in [6.45, 7) is 6.98. The van der Waals surface area contributed by atoms with E-state index in [0.717, 1.165) is 57.9 Å². The third kappa shape index (κ3) is 4.71. The first-order chi connectivity index (χ1) is 13.1. The van der Waals surface area contributed by atoms with Gasteiger partial charge in [-0.1, -0.05) is 0 Å². The Morgan fingerprint density at radius 3 is 2.15 bits per heavy atom. The zero-order chi connectivity index (χ0) is 19.2. The number of piperidine rings is 1. The molecule has 2 saturated heterocycles. The van der Waals surface area contributed by atoms with Crippen molar-refractivity contribution in [2.24, 2.45) is 0 Å². The van der Waals surface area contributed by atoms with Crippen LogP contribution in [0.5, 0.6) is 5.75 Å². The van der Waals surface area contributed by atoms with Crippen molar-refractivity contribution in [3.05, 3.63) is 29.8 Å². The molecule has 7 heteroatoms. The Hall–Kier alpha value is -2.28. The van der Waals surface area contributed by atoms with Crippen LogP contribution in [0.1, 0.15) is 30.1 Å². The lowest BCUT2D eigenvalue weighted by atomic mass is 10.0. The van der Waals surface area contributed by atoms with Gasteiger partial charge in [0.2, 0.25) is 0 Å². The van der Waals surface area contributed by atoms with Crippen LogP contribution in [0.15, 0.2) is 24.3 Å². The molecule has 0 radical (unpaired) electrons. The number of methoxy groups -OCH3 is 1. The second-order valence-corrected chi connectivity index (χ2v) is 6.97. The minimum absolute atomic E-state index is 0.0782. The first-order valence-electron chi connectivity index (χ1n) is 9.71. The van der Waals surface area contributed by atoms with Gasteiger partial charge in [-0.2, -0.15) is 0 Å². The Bertz CT molecular complexity index is 633. The van der Waals surface area contributed by atoms with Crippen molar-refractivity contribution in [1.82, 2.24) is 14.7 Å². The Morgan fingerprint density at radius 1 is 0.963 bits per heavy atom. The second-order valence-electron chi connectivity index (χ2n) is 6.97. The number of likely N-dealkylation sites (tertiary alicyclic amines) is 1. The average Bonchev–Trinajstić information content (AvgIpc) is 2.74. The average molecular weight is 375 g/mol. The van der Waals surface area contributed by atoms with Crippen molar-refractivity contribution < 1.29 is 19.1 Å². The number of carbonyl (C=O) groups excluding carboxylic acids is 2. The van der Waals surface area contributed by atoms with Crippen LogP contribution in [-0.2, 0) is 4.74 Å². The van der Waals surface area contributed by atoms with Crippen LogP contribution in [0.2, 0.25) is 0 Å². The lowest BCUT2D eigenvalue weighted by Gasteiger charge is -2.42. The number of carbonyl (C=O) groups is 2. The summed E-state index contributed by atoms with van der Waals surface area (Å²) in [6.07, 6.45) is 1.72. The maximum Gasteiger partial charge on any atom is 0.409 e. The van der Waals surface area contributed by atoms with Gasteiger partial charge in [0.25, 0.3) is 5.91 Å². The van der Waals surface area contributed by atoms with E-state index >= 15 is 0 Å². The molecule has 3 rings (SSSR count). The van der Waals surface area contributed by atoms with E-state index in [0.29, 0.717) is 18.2 Å². The molecule has 0 unspecified atom stereocenters. The number of benzene rings is 1. The van der Waals surface area contributed by atoms with E-state index in [4.69, 9.17) is 9.47 Å². The SMILES string of the molecule is CCOC(=O)N1CCC(N2CCN(C(=O)c3ccc(OC)cc3)CC2)CC1. The van der Waals surface area contributed by atoms with E-state index in [9.17, 15) is 9.59 Å². The third-order valence-electron chi connectivity index (χ3n) is 5.45. The summed E-state index contributed by atoms with van der Waals surface area (Å²) >= 11 is 0. The second kappa shape index (κ2) is 9.08. The van der Waals surface area contributed by atoms with E-state index in [1.807, 2.05) is 36.1 Å². The summed E-state index contributed by atoms with van der Waals surface area (Å²) < 4.78 is 10.2. The smallest absolute Gasteiger partial charge is 0.409 e. The van der Waals surface area contributed by atoms with Crippen LogP contribution in [0.3, 0.4) is 0 Å². The molecule has 2 fully saturated rings. The normalized spacial score (nSPS) is 19.0. The molecule has 0 bridgehead atoms. The summed E-state index contributed by atoms with van der Waals surface area (Å²) in [5, 5.41) is 0. The Kier molecular flexibility index (Phi) is 6.55.